The maximum absolute atomic E-state index is 11.3. The van der Waals surface area contributed by atoms with Crippen molar-refractivity contribution in [2.24, 2.45) is 5.73 Å². The zero-order valence-electron chi connectivity index (χ0n) is 20.0. The molecule has 1 aliphatic heterocycles. The lowest BCUT2D eigenvalue weighted by atomic mass is 10.0. The van der Waals surface area contributed by atoms with Crippen molar-refractivity contribution >= 4 is 39.4 Å². The Morgan fingerprint density at radius 2 is 1.97 bits per heavy atom. The van der Waals surface area contributed by atoms with Crippen LogP contribution < -0.4 is 15.8 Å². The molecule has 2 heterocycles. The third kappa shape index (κ3) is 6.13. The molecule has 1 aromatic heterocycles. The number of halogens is 2. The number of likely N-dealkylation sites (tertiary alicyclic amines) is 1. The number of nitrogens with one attached hydrogen (secondary N) is 1. The average Bonchev–Trinajstić information content (AvgIpc) is 2.85. The topological polar surface area (TPSA) is 117 Å². The zero-order valence-corrected chi connectivity index (χ0v) is 22.4. The lowest BCUT2D eigenvalue weighted by Gasteiger charge is -2.32. The third-order valence-electron chi connectivity index (χ3n) is 6.15. The number of hydrogen-bond acceptors (Lipinski definition) is 7. The summed E-state index contributed by atoms with van der Waals surface area (Å²) >= 11 is 9.83. The molecule has 4 rings (SSSR count). The first kappa shape index (κ1) is 25.9. The van der Waals surface area contributed by atoms with E-state index in [-0.39, 0.29) is 6.04 Å². The molecule has 0 spiro atoms. The van der Waals surface area contributed by atoms with E-state index in [0.29, 0.717) is 44.7 Å². The Hall–Kier alpha value is -3.19. The van der Waals surface area contributed by atoms with Crippen LogP contribution >= 0.6 is 27.5 Å². The van der Waals surface area contributed by atoms with Crippen molar-refractivity contribution in [3.8, 4) is 17.7 Å². The molecule has 0 aliphatic carbocycles. The van der Waals surface area contributed by atoms with E-state index in [0.717, 1.165) is 42.6 Å². The van der Waals surface area contributed by atoms with Gasteiger partial charge in [0.2, 0.25) is 17.7 Å². The molecule has 0 unspecified atom stereocenters. The van der Waals surface area contributed by atoms with Gasteiger partial charge in [0.1, 0.15) is 5.75 Å². The molecule has 0 bridgehead atoms. The first-order valence-corrected chi connectivity index (χ1v) is 12.7. The number of aryl methyl sites for hydroxylation is 2. The summed E-state index contributed by atoms with van der Waals surface area (Å²) in [7, 11) is 0. The number of benzene rings is 2. The maximum atomic E-state index is 11.3. The minimum Gasteiger partial charge on any atom is -0.437 e. The van der Waals surface area contributed by atoms with Crippen molar-refractivity contribution in [1.82, 2.24) is 14.9 Å². The molecule has 0 radical (unpaired) electrons. The van der Waals surface area contributed by atoms with Crippen LogP contribution in [-0.2, 0) is 6.54 Å². The van der Waals surface area contributed by atoms with Crippen molar-refractivity contribution in [3.63, 3.8) is 0 Å². The van der Waals surface area contributed by atoms with Gasteiger partial charge in [-0.2, -0.15) is 10.2 Å². The Labute approximate surface area is 223 Å². The molecule has 10 heteroatoms. The first-order valence-electron chi connectivity index (χ1n) is 11.5. The van der Waals surface area contributed by atoms with E-state index in [1.165, 1.54) is 0 Å². The number of primary amides is 1. The summed E-state index contributed by atoms with van der Waals surface area (Å²) < 4.78 is 6.76. The number of carbonyl (C=O) groups is 1. The van der Waals surface area contributed by atoms with Gasteiger partial charge in [-0.25, -0.2) is 4.98 Å². The zero-order chi connectivity index (χ0) is 25.8. The van der Waals surface area contributed by atoms with Gasteiger partial charge in [0.05, 0.1) is 22.3 Å². The van der Waals surface area contributed by atoms with E-state index in [4.69, 9.17) is 22.1 Å². The first-order chi connectivity index (χ1) is 17.2. The average molecular weight is 570 g/mol. The Balaban J connectivity index is 1.37. The monoisotopic (exact) mass is 568 g/mol. The van der Waals surface area contributed by atoms with Gasteiger partial charge in [0, 0.05) is 36.3 Å². The maximum Gasteiger partial charge on any atom is 0.248 e. The number of amides is 1. The fraction of sp³-hybridized carbons (Fsp3) is 0.308. The molecule has 186 valence electrons. The van der Waals surface area contributed by atoms with Crippen LogP contribution in [-0.4, -0.2) is 39.9 Å². The Morgan fingerprint density at radius 3 is 2.58 bits per heavy atom. The van der Waals surface area contributed by atoms with Crippen LogP contribution in [0.15, 0.2) is 41.0 Å². The summed E-state index contributed by atoms with van der Waals surface area (Å²) in [5.74, 6) is 1.10. The van der Waals surface area contributed by atoms with E-state index >= 15 is 0 Å². The Bertz CT molecular complexity index is 1310. The SMILES string of the molecule is Cc1cc(C#N)cc(C)c1Oc1nc(NC2CCN(Cc3ccc(C(N)=O)cc3Cl)CC2)ncc1Br. The predicted molar refractivity (Wildman–Crippen MR) is 142 cm³/mol. The van der Waals surface area contributed by atoms with Crippen molar-refractivity contribution < 1.29 is 9.53 Å². The number of carbonyl (C=O) groups excluding carboxylic acids is 1. The highest BCUT2D eigenvalue weighted by molar-refractivity contribution is 9.10. The van der Waals surface area contributed by atoms with Crippen LogP contribution in [0.25, 0.3) is 0 Å². The van der Waals surface area contributed by atoms with Crippen LogP contribution in [0.1, 0.15) is 45.5 Å². The number of nitrogens with zero attached hydrogens (tertiary/aromatic N) is 4. The van der Waals surface area contributed by atoms with Crippen molar-refractivity contribution in [3.05, 3.63) is 73.8 Å². The van der Waals surface area contributed by atoms with Crippen LogP contribution in [0.2, 0.25) is 5.02 Å². The van der Waals surface area contributed by atoms with Crippen LogP contribution in [0.5, 0.6) is 11.6 Å². The molecule has 8 nitrogen and oxygen atoms in total. The van der Waals surface area contributed by atoms with E-state index in [2.05, 4.69) is 42.2 Å². The predicted octanol–water partition coefficient (Wildman–Crippen LogP) is 5.35. The molecule has 1 aliphatic rings. The molecule has 1 amide bonds. The Kier molecular flexibility index (Phi) is 8.09. The van der Waals surface area contributed by atoms with E-state index < -0.39 is 5.91 Å². The van der Waals surface area contributed by atoms with Crippen molar-refractivity contribution in [2.45, 2.75) is 39.3 Å². The Morgan fingerprint density at radius 1 is 1.28 bits per heavy atom. The number of rotatable bonds is 7. The second-order valence-electron chi connectivity index (χ2n) is 8.86. The van der Waals surface area contributed by atoms with Gasteiger partial charge >= 0.3 is 0 Å². The van der Waals surface area contributed by atoms with Gasteiger partial charge in [-0.05, 0) is 83.6 Å². The molecular formula is C26H26BrClN6O2. The van der Waals surface area contributed by atoms with Gasteiger partial charge in [0.15, 0.2) is 0 Å². The minimum absolute atomic E-state index is 0.223. The summed E-state index contributed by atoms with van der Waals surface area (Å²) in [6.07, 6.45) is 3.51. The number of ether oxygens (including phenoxy) is 1. The normalized spacial score (nSPS) is 14.3. The van der Waals surface area contributed by atoms with Gasteiger partial charge in [-0.3, -0.25) is 9.69 Å². The second kappa shape index (κ2) is 11.2. The number of piperidine rings is 1. The fourth-order valence-corrected chi connectivity index (χ4v) is 4.77. The summed E-state index contributed by atoms with van der Waals surface area (Å²) in [5, 5.41) is 13.2. The summed E-state index contributed by atoms with van der Waals surface area (Å²) in [6, 6.07) is 11.2. The molecule has 1 fully saturated rings. The largest absolute Gasteiger partial charge is 0.437 e. The van der Waals surface area contributed by atoms with E-state index in [9.17, 15) is 10.1 Å². The molecule has 36 heavy (non-hydrogen) atoms. The standard InChI is InChI=1S/C26H26BrClN6O2/c1-15-9-17(12-29)10-16(2)23(15)36-25-21(27)13-31-26(33-25)32-20-5-7-34(8-6-20)14-19-4-3-18(24(30)35)11-22(19)28/h3-4,9-11,13,20H,5-8,14H2,1-2H3,(H2,30,35)(H,31,32,33). The minimum atomic E-state index is -0.485. The third-order valence-corrected chi connectivity index (χ3v) is 7.05. The molecule has 2 aromatic carbocycles. The van der Waals surface area contributed by atoms with Crippen LogP contribution in [0.4, 0.5) is 5.95 Å². The van der Waals surface area contributed by atoms with Gasteiger partial charge in [-0.15, -0.1) is 0 Å². The molecule has 0 atom stereocenters. The molecule has 1 saturated heterocycles. The number of hydrogen-bond donors (Lipinski definition) is 2. The summed E-state index contributed by atoms with van der Waals surface area (Å²) in [6.45, 7) is 6.29. The fourth-order valence-electron chi connectivity index (χ4n) is 4.25. The second-order valence-corrected chi connectivity index (χ2v) is 10.1. The summed E-state index contributed by atoms with van der Waals surface area (Å²) in [5.41, 5.74) is 9.04. The molecule has 3 aromatic rings. The van der Waals surface area contributed by atoms with Crippen LogP contribution in [0, 0.1) is 25.2 Å². The lowest BCUT2D eigenvalue weighted by Crippen LogP contribution is -2.39. The highest BCUT2D eigenvalue weighted by Gasteiger charge is 2.21. The highest BCUT2D eigenvalue weighted by Crippen LogP contribution is 2.33. The number of nitrogens with two attached hydrogens (primary N) is 1. The highest BCUT2D eigenvalue weighted by atomic mass is 79.9. The molecule has 3 N–H and O–H groups in total. The molecular weight excluding hydrogens is 544 g/mol. The van der Waals surface area contributed by atoms with Crippen molar-refractivity contribution in [2.75, 3.05) is 18.4 Å². The van der Waals surface area contributed by atoms with Crippen LogP contribution in [0.3, 0.4) is 0 Å². The van der Waals surface area contributed by atoms with Gasteiger partial charge < -0.3 is 15.8 Å². The van der Waals surface area contributed by atoms with Crippen molar-refractivity contribution in [1.29, 1.82) is 5.26 Å². The molecule has 0 saturated carbocycles. The van der Waals surface area contributed by atoms with E-state index in [1.54, 1.807) is 30.5 Å². The summed E-state index contributed by atoms with van der Waals surface area (Å²) in [4.78, 5) is 22.7. The quantitative estimate of drug-likeness (QED) is 0.394. The van der Waals surface area contributed by atoms with E-state index in [1.807, 2.05) is 19.9 Å². The van der Waals surface area contributed by atoms with Gasteiger partial charge in [0.25, 0.3) is 0 Å². The number of nitriles is 1. The number of anilines is 1. The smallest absolute Gasteiger partial charge is 0.248 e. The lowest BCUT2D eigenvalue weighted by molar-refractivity contribution is 0.1000. The number of aromatic nitrogens is 2. The van der Waals surface area contributed by atoms with Gasteiger partial charge in [-0.1, -0.05) is 17.7 Å².